The maximum absolute atomic E-state index is 12.1. The molecule has 1 aromatic rings. The Kier molecular flexibility index (Phi) is 7.05. The van der Waals surface area contributed by atoms with Gasteiger partial charge < -0.3 is 19.4 Å². The molecule has 1 N–H and O–H groups in total. The zero-order valence-corrected chi connectivity index (χ0v) is 14.0. The Morgan fingerprint density at radius 3 is 2.62 bits per heavy atom. The van der Waals surface area contributed by atoms with Crippen molar-refractivity contribution in [1.29, 1.82) is 0 Å². The lowest BCUT2D eigenvalue weighted by atomic mass is 10.2. The lowest BCUT2D eigenvalue weighted by Gasteiger charge is -2.27. The molecule has 6 heteroatoms. The number of amides is 1. The van der Waals surface area contributed by atoms with E-state index in [9.17, 15) is 4.79 Å². The summed E-state index contributed by atoms with van der Waals surface area (Å²) < 4.78 is 10.6. The van der Waals surface area contributed by atoms with Gasteiger partial charge in [-0.1, -0.05) is 6.92 Å². The van der Waals surface area contributed by atoms with Crippen LogP contribution < -0.4 is 5.32 Å². The average Bonchev–Trinajstić information content (AvgIpc) is 2.77. The first kappa shape index (κ1) is 17.9. The summed E-state index contributed by atoms with van der Waals surface area (Å²) in [5, 5.41) is 3.60. The van der Waals surface area contributed by atoms with E-state index in [-0.39, 0.29) is 6.09 Å². The predicted molar refractivity (Wildman–Crippen MR) is 83.5 cm³/mol. The number of furan rings is 1. The van der Waals surface area contributed by atoms with E-state index in [1.54, 1.807) is 11.0 Å². The van der Waals surface area contributed by atoms with Crippen molar-refractivity contribution in [3.05, 3.63) is 23.1 Å². The van der Waals surface area contributed by atoms with Crippen molar-refractivity contribution in [3.8, 4) is 0 Å². The van der Waals surface area contributed by atoms with Gasteiger partial charge in [0, 0.05) is 19.6 Å². The Labute approximate surface area is 131 Å². The Bertz CT molecular complexity index is 440. The SMILES string of the molecule is CCCN(CCNCc1ccc(Cl)o1)C(=O)OC(C)(C)C. The molecule has 0 saturated carbocycles. The van der Waals surface area contributed by atoms with Crippen molar-refractivity contribution in [2.24, 2.45) is 0 Å². The molecule has 0 fully saturated rings. The highest BCUT2D eigenvalue weighted by Crippen LogP contribution is 2.12. The fourth-order valence-electron chi connectivity index (χ4n) is 1.76. The van der Waals surface area contributed by atoms with Gasteiger partial charge in [-0.2, -0.15) is 0 Å². The lowest BCUT2D eigenvalue weighted by Crippen LogP contribution is -2.40. The number of hydrogen-bond donors (Lipinski definition) is 1. The van der Waals surface area contributed by atoms with Crippen LogP contribution >= 0.6 is 11.6 Å². The molecule has 0 radical (unpaired) electrons. The fourth-order valence-corrected chi connectivity index (χ4v) is 1.93. The van der Waals surface area contributed by atoms with Crippen molar-refractivity contribution in [2.45, 2.75) is 46.3 Å². The summed E-state index contributed by atoms with van der Waals surface area (Å²) in [5.41, 5.74) is -0.471. The number of nitrogens with zero attached hydrogens (tertiary/aromatic N) is 1. The highest BCUT2D eigenvalue weighted by molar-refractivity contribution is 6.28. The minimum absolute atomic E-state index is 0.271. The second kappa shape index (κ2) is 8.29. The summed E-state index contributed by atoms with van der Waals surface area (Å²) >= 11 is 5.70. The molecule has 0 aliphatic rings. The molecule has 0 unspecified atom stereocenters. The largest absolute Gasteiger partial charge is 0.448 e. The normalized spacial score (nSPS) is 11.5. The lowest BCUT2D eigenvalue weighted by molar-refractivity contribution is 0.0251. The van der Waals surface area contributed by atoms with Gasteiger partial charge in [0.1, 0.15) is 11.4 Å². The van der Waals surface area contributed by atoms with Crippen LogP contribution in [0.1, 0.15) is 39.9 Å². The van der Waals surface area contributed by atoms with Crippen molar-refractivity contribution < 1.29 is 13.9 Å². The quantitative estimate of drug-likeness (QED) is 0.780. The van der Waals surface area contributed by atoms with E-state index < -0.39 is 5.60 Å². The third kappa shape index (κ3) is 7.39. The second-order valence-electron chi connectivity index (χ2n) is 5.85. The van der Waals surface area contributed by atoms with E-state index in [1.807, 2.05) is 33.8 Å². The molecule has 0 aliphatic carbocycles. The van der Waals surface area contributed by atoms with E-state index in [0.717, 1.165) is 12.2 Å². The molecule has 0 atom stereocenters. The van der Waals surface area contributed by atoms with Crippen molar-refractivity contribution in [1.82, 2.24) is 10.2 Å². The third-order valence-corrected chi connectivity index (χ3v) is 2.83. The average molecular weight is 317 g/mol. The maximum atomic E-state index is 12.1. The Balaban J connectivity index is 2.35. The number of hydrogen-bond acceptors (Lipinski definition) is 4. The van der Waals surface area contributed by atoms with Crippen LogP contribution in [0.4, 0.5) is 4.79 Å². The number of carbonyl (C=O) groups is 1. The summed E-state index contributed by atoms with van der Waals surface area (Å²) in [5.74, 6) is 0.777. The Hall–Kier alpha value is -1.20. The van der Waals surface area contributed by atoms with Crippen LogP contribution in [0, 0.1) is 0 Å². The summed E-state index contributed by atoms with van der Waals surface area (Å²) in [6.45, 7) is 10.2. The van der Waals surface area contributed by atoms with Gasteiger partial charge in [-0.05, 0) is 50.9 Å². The number of carbonyl (C=O) groups excluding carboxylic acids is 1. The molecule has 120 valence electrons. The second-order valence-corrected chi connectivity index (χ2v) is 6.22. The molecule has 0 bridgehead atoms. The van der Waals surface area contributed by atoms with Gasteiger partial charge in [-0.25, -0.2) is 4.79 Å². The number of rotatable bonds is 7. The van der Waals surface area contributed by atoms with Crippen LogP contribution in [0.2, 0.25) is 5.22 Å². The molecule has 1 aromatic heterocycles. The fraction of sp³-hybridized carbons (Fsp3) is 0.667. The van der Waals surface area contributed by atoms with Gasteiger partial charge in [-0.15, -0.1) is 0 Å². The highest BCUT2D eigenvalue weighted by Gasteiger charge is 2.21. The highest BCUT2D eigenvalue weighted by atomic mass is 35.5. The van der Waals surface area contributed by atoms with Crippen LogP contribution in [0.25, 0.3) is 0 Å². The Morgan fingerprint density at radius 2 is 2.10 bits per heavy atom. The van der Waals surface area contributed by atoms with Crippen molar-refractivity contribution in [2.75, 3.05) is 19.6 Å². The van der Waals surface area contributed by atoms with Crippen LogP contribution in [-0.4, -0.2) is 36.2 Å². The van der Waals surface area contributed by atoms with E-state index in [0.29, 0.717) is 31.4 Å². The minimum Gasteiger partial charge on any atom is -0.448 e. The number of halogens is 1. The van der Waals surface area contributed by atoms with Crippen LogP contribution in [0.15, 0.2) is 16.5 Å². The van der Waals surface area contributed by atoms with Crippen molar-refractivity contribution >= 4 is 17.7 Å². The molecule has 1 rings (SSSR count). The number of nitrogens with one attached hydrogen (secondary N) is 1. The van der Waals surface area contributed by atoms with Crippen LogP contribution in [0.5, 0.6) is 0 Å². The Morgan fingerprint density at radius 1 is 1.38 bits per heavy atom. The molecule has 0 saturated heterocycles. The van der Waals surface area contributed by atoms with Crippen LogP contribution in [-0.2, 0) is 11.3 Å². The number of ether oxygens (including phenoxy) is 1. The van der Waals surface area contributed by atoms with E-state index in [2.05, 4.69) is 5.32 Å². The molecule has 5 nitrogen and oxygen atoms in total. The zero-order valence-electron chi connectivity index (χ0n) is 13.2. The monoisotopic (exact) mass is 316 g/mol. The molecule has 1 amide bonds. The van der Waals surface area contributed by atoms with E-state index in [1.165, 1.54) is 0 Å². The smallest absolute Gasteiger partial charge is 0.410 e. The molecular weight excluding hydrogens is 292 g/mol. The van der Waals surface area contributed by atoms with Crippen molar-refractivity contribution in [3.63, 3.8) is 0 Å². The van der Waals surface area contributed by atoms with Gasteiger partial charge in [0.15, 0.2) is 5.22 Å². The van der Waals surface area contributed by atoms with Gasteiger partial charge in [-0.3, -0.25) is 0 Å². The first-order valence-corrected chi connectivity index (χ1v) is 7.62. The van der Waals surface area contributed by atoms with E-state index >= 15 is 0 Å². The van der Waals surface area contributed by atoms with Gasteiger partial charge >= 0.3 is 6.09 Å². The van der Waals surface area contributed by atoms with Gasteiger partial charge in [0.2, 0.25) is 0 Å². The first-order valence-electron chi connectivity index (χ1n) is 7.24. The molecule has 1 heterocycles. The molecular formula is C15H25ClN2O3. The first-order chi connectivity index (χ1) is 9.81. The third-order valence-electron chi connectivity index (χ3n) is 2.63. The van der Waals surface area contributed by atoms with Gasteiger partial charge in [0.25, 0.3) is 0 Å². The molecule has 0 aromatic carbocycles. The van der Waals surface area contributed by atoms with Crippen LogP contribution in [0.3, 0.4) is 0 Å². The molecule has 0 aliphatic heterocycles. The standard InChI is InChI=1S/C15H25ClN2O3/c1-5-9-18(14(19)21-15(2,3)4)10-8-17-11-12-6-7-13(16)20-12/h6-7,17H,5,8-11H2,1-4H3. The maximum Gasteiger partial charge on any atom is 0.410 e. The summed E-state index contributed by atoms with van der Waals surface area (Å²) in [6, 6.07) is 3.54. The zero-order chi connectivity index (χ0) is 15.9. The van der Waals surface area contributed by atoms with Gasteiger partial charge in [0.05, 0.1) is 6.54 Å². The predicted octanol–water partition coefficient (Wildman–Crippen LogP) is 3.67. The summed E-state index contributed by atoms with van der Waals surface area (Å²) in [7, 11) is 0. The minimum atomic E-state index is -0.471. The van der Waals surface area contributed by atoms with E-state index in [4.69, 9.17) is 20.8 Å². The summed E-state index contributed by atoms with van der Waals surface area (Å²) in [4.78, 5) is 13.8. The molecule has 0 spiro atoms. The topological polar surface area (TPSA) is 54.7 Å². The molecule has 21 heavy (non-hydrogen) atoms. The summed E-state index contributed by atoms with van der Waals surface area (Å²) in [6.07, 6.45) is 0.625.